The van der Waals surface area contributed by atoms with E-state index in [9.17, 15) is 18.4 Å². The fraction of sp³-hybridized carbons (Fsp3) is 0.250. The van der Waals surface area contributed by atoms with Crippen LogP contribution in [0.2, 0.25) is 0 Å². The summed E-state index contributed by atoms with van der Waals surface area (Å²) in [4.78, 5) is 32.7. The predicted octanol–water partition coefficient (Wildman–Crippen LogP) is 4.52. The number of amides is 1. The number of halogens is 2. The first-order valence-electron chi connectivity index (χ1n) is 10.2. The second kappa shape index (κ2) is 8.82. The summed E-state index contributed by atoms with van der Waals surface area (Å²) >= 11 is 0. The molecule has 8 heteroatoms. The smallest absolute Gasteiger partial charge is 0.226 e. The van der Waals surface area contributed by atoms with Gasteiger partial charge in [-0.2, -0.15) is 0 Å². The normalized spacial score (nSPS) is 14.0. The van der Waals surface area contributed by atoms with Crippen molar-refractivity contribution in [2.24, 2.45) is 5.41 Å². The van der Waals surface area contributed by atoms with E-state index >= 15 is 0 Å². The van der Waals surface area contributed by atoms with Crippen molar-refractivity contribution in [2.45, 2.75) is 32.7 Å². The van der Waals surface area contributed by atoms with Crippen molar-refractivity contribution in [2.75, 3.05) is 0 Å². The van der Waals surface area contributed by atoms with Gasteiger partial charge in [0, 0.05) is 25.4 Å². The van der Waals surface area contributed by atoms with E-state index in [1.807, 2.05) is 0 Å². The molecule has 0 unspecified atom stereocenters. The van der Waals surface area contributed by atoms with Crippen LogP contribution in [0.15, 0.2) is 55.1 Å². The van der Waals surface area contributed by atoms with Gasteiger partial charge >= 0.3 is 0 Å². The summed E-state index contributed by atoms with van der Waals surface area (Å²) < 4.78 is 33.7. The van der Waals surface area contributed by atoms with E-state index in [4.69, 9.17) is 4.74 Å². The maximum Gasteiger partial charge on any atom is 0.226 e. The number of benzene rings is 2. The molecule has 32 heavy (non-hydrogen) atoms. The number of hydrogen-bond acceptors (Lipinski definition) is 5. The van der Waals surface area contributed by atoms with Crippen LogP contribution in [-0.2, 0) is 11.3 Å². The molecule has 1 fully saturated rings. The Hall–Kier alpha value is -3.68. The van der Waals surface area contributed by atoms with Crippen molar-refractivity contribution in [3.05, 3.63) is 83.4 Å². The molecular weight excluding hydrogens is 416 g/mol. The van der Waals surface area contributed by atoms with Crippen LogP contribution < -0.4 is 10.1 Å². The Morgan fingerprint density at radius 1 is 1.03 bits per heavy atom. The molecule has 164 valence electrons. The lowest BCUT2D eigenvalue weighted by Gasteiger charge is -2.15. The van der Waals surface area contributed by atoms with Gasteiger partial charge in [-0.25, -0.2) is 18.7 Å². The zero-order valence-corrected chi connectivity index (χ0v) is 17.4. The SMILES string of the molecule is Cc1ccc(Oc2ccc(CNC(=O)C3(CC(=O)c4cncnc4)CC3)cc2F)c(F)c1. The third kappa shape index (κ3) is 4.80. The van der Waals surface area contributed by atoms with Crippen molar-refractivity contribution < 1.29 is 23.1 Å². The molecule has 1 N–H and O–H groups in total. The number of ether oxygens (including phenoxy) is 1. The first kappa shape index (κ1) is 21.5. The number of aryl methyl sites for hydroxylation is 1. The topological polar surface area (TPSA) is 81.2 Å². The summed E-state index contributed by atoms with van der Waals surface area (Å²) in [5, 5.41) is 2.78. The van der Waals surface area contributed by atoms with Gasteiger partial charge in [0.15, 0.2) is 28.9 Å². The quantitative estimate of drug-likeness (QED) is 0.524. The number of rotatable bonds is 8. The highest BCUT2D eigenvalue weighted by Crippen LogP contribution is 2.49. The first-order valence-corrected chi connectivity index (χ1v) is 10.2. The van der Waals surface area contributed by atoms with E-state index in [1.54, 1.807) is 19.1 Å². The molecule has 0 aliphatic heterocycles. The Labute approximate surface area is 183 Å². The molecule has 0 saturated heterocycles. The zero-order chi connectivity index (χ0) is 22.7. The van der Waals surface area contributed by atoms with Crippen LogP contribution in [-0.4, -0.2) is 21.7 Å². The van der Waals surface area contributed by atoms with Gasteiger partial charge in [0.2, 0.25) is 5.91 Å². The largest absolute Gasteiger partial charge is 0.451 e. The van der Waals surface area contributed by atoms with Crippen molar-refractivity contribution in [3.63, 3.8) is 0 Å². The maximum absolute atomic E-state index is 14.5. The number of carbonyl (C=O) groups excluding carboxylic acids is 2. The number of Topliss-reactive ketones (excluding diaryl/α,β-unsaturated/α-hetero) is 1. The Morgan fingerprint density at radius 2 is 1.69 bits per heavy atom. The van der Waals surface area contributed by atoms with Gasteiger partial charge in [0.05, 0.1) is 11.0 Å². The van der Waals surface area contributed by atoms with Crippen molar-refractivity contribution in [1.29, 1.82) is 0 Å². The van der Waals surface area contributed by atoms with Gasteiger partial charge in [-0.3, -0.25) is 9.59 Å². The van der Waals surface area contributed by atoms with Crippen molar-refractivity contribution in [1.82, 2.24) is 15.3 Å². The van der Waals surface area contributed by atoms with Gasteiger partial charge in [-0.15, -0.1) is 0 Å². The number of aromatic nitrogens is 2. The second-order valence-corrected chi connectivity index (χ2v) is 7.99. The number of nitrogens with zero attached hydrogens (tertiary/aromatic N) is 2. The van der Waals surface area contributed by atoms with Crippen LogP contribution in [0.3, 0.4) is 0 Å². The van der Waals surface area contributed by atoms with E-state index < -0.39 is 17.0 Å². The third-order valence-corrected chi connectivity index (χ3v) is 5.47. The minimum absolute atomic E-state index is 0.0697. The molecule has 2 aromatic carbocycles. The number of nitrogens with one attached hydrogen (secondary N) is 1. The summed E-state index contributed by atoms with van der Waals surface area (Å²) in [6.45, 7) is 1.84. The lowest BCUT2D eigenvalue weighted by molar-refractivity contribution is -0.126. The van der Waals surface area contributed by atoms with E-state index in [2.05, 4.69) is 15.3 Å². The lowest BCUT2D eigenvalue weighted by Crippen LogP contribution is -2.33. The molecule has 3 aromatic rings. The van der Waals surface area contributed by atoms with Crippen molar-refractivity contribution >= 4 is 11.7 Å². The fourth-order valence-corrected chi connectivity index (χ4v) is 3.40. The standard InChI is InChI=1S/C24H21F2N3O3/c1-15-2-4-21(18(25)8-15)32-22-5-3-16(9-19(22)26)11-29-23(31)24(6-7-24)10-20(30)17-12-27-14-28-13-17/h2-5,8-9,12-14H,6-7,10-11H2,1H3,(H,29,31). The fourth-order valence-electron chi connectivity index (χ4n) is 3.40. The van der Waals surface area contributed by atoms with Crippen LogP contribution in [0.1, 0.15) is 40.7 Å². The second-order valence-electron chi connectivity index (χ2n) is 7.99. The highest BCUT2D eigenvalue weighted by Gasteiger charge is 2.51. The Morgan fingerprint density at radius 3 is 2.31 bits per heavy atom. The van der Waals surface area contributed by atoms with Crippen LogP contribution in [0, 0.1) is 24.0 Å². The van der Waals surface area contributed by atoms with Gasteiger partial charge < -0.3 is 10.1 Å². The predicted molar refractivity (Wildman–Crippen MR) is 112 cm³/mol. The maximum atomic E-state index is 14.5. The average molecular weight is 437 g/mol. The molecular formula is C24H21F2N3O3. The van der Waals surface area contributed by atoms with Crippen molar-refractivity contribution in [3.8, 4) is 11.5 Å². The zero-order valence-electron chi connectivity index (χ0n) is 17.4. The molecule has 1 saturated carbocycles. The average Bonchev–Trinajstić information content (AvgIpc) is 3.56. The molecule has 1 amide bonds. The Balaban J connectivity index is 1.36. The van der Waals surface area contributed by atoms with E-state index in [1.165, 1.54) is 43.0 Å². The molecule has 0 spiro atoms. The first-order chi connectivity index (χ1) is 15.4. The van der Waals surface area contributed by atoms with E-state index in [0.29, 0.717) is 24.0 Å². The number of hydrogen-bond donors (Lipinski definition) is 1. The Kier molecular flexibility index (Phi) is 5.94. The van der Waals surface area contributed by atoms with E-state index in [-0.39, 0.29) is 36.2 Å². The summed E-state index contributed by atoms with van der Waals surface area (Å²) in [6.07, 6.45) is 5.50. The number of ketones is 1. The van der Waals surface area contributed by atoms with Crippen LogP contribution in [0.25, 0.3) is 0 Å². The van der Waals surface area contributed by atoms with Crippen LogP contribution in [0.5, 0.6) is 11.5 Å². The molecule has 0 atom stereocenters. The highest BCUT2D eigenvalue weighted by atomic mass is 19.1. The summed E-state index contributed by atoms with van der Waals surface area (Å²) in [6, 6.07) is 8.63. The monoisotopic (exact) mass is 437 g/mol. The molecule has 0 radical (unpaired) electrons. The summed E-state index contributed by atoms with van der Waals surface area (Å²) in [5.74, 6) is -1.86. The molecule has 1 aromatic heterocycles. The van der Waals surface area contributed by atoms with Gasteiger partial charge in [-0.1, -0.05) is 12.1 Å². The third-order valence-electron chi connectivity index (χ3n) is 5.47. The van der Waals surface area contributed by atoms with Gasteiger partial charge in [-0.05, 0) is 55.2 Å². The number of carbonyl (C=O) groups is 2. The van der Waals surface area contributed by atoms with Gasteiger partial charge in [0.25, 0.3) is 0 Å². The summed E-state index contributed by atoms with van der Waals surface area (Å²) in [7, 11) is 0. The van der Waals surface area contributed by atoms with Gasteiger partial charge in [0.1, 0.15) is 6.33 Å². The highest BCUT2D eigenvalue weighted by molar-refractivity contribution is 6.00. The molecule has 1 heterocycles. The van der Waals surface area contributed by atoms with Crippen LogP contribution >= 0.6 is 0 Å². The molecule has 6 nitrogen and oxygen atoms in total. The van der Waals surface area contributed by atoms with Crippen LogP contribution in [0.4, 0.5) is 8.78 Å². The summed E-state index contributed by atoms with van der Waals surface area (Å²) in [5.41, 5.74) is 0.881. The Bertz CT molecular complexity index is 1160. The minimum Gasteiger partial charge on any atom is -0.451 e. The molecule has 1 aliphatic carbocycles. The lowest BCUT2D eigenvalue weighted by atomic mass is 9.95. The molecule has 1 aliphatic rings. The molecule has 0 bridgehead atoms. The molecule has 4 rings (SSSR count). The van der Waals surface area contributed by atoms with E-state index in [0.717, 1.165) is 5.56 Å². The minimum atomic E-state index is -0.739.